The van der Waals surface area contributed by atoms with Crippen LogP contribution in [0, 0.1) is 11.8 Å². The lowest BCUT2D eigenvalue weighted by molar-refractivity contribution is -0.122. The fourth-order valence-electron chi connectivity index (χ4n) is 3.47. The number of carbonyl (C=O) groups is 2. The molecular weight excluding hydrogens is 350 g/mol. The Labute approximate surface area is 162 Å². The predicted octanol–water partition coefficient (Wildman–Crippen LogP) is 3.24. The Kier molecular flexibility index (Phi) is 8.39. The lowest BCUT2D eigenvalue weighted by Crippen LogP contribution is -2.29. The third-order valence-corrected chi connectivity index (χ3v) is 5.40. The Morgan fingerprint density at radius 2 is 1.88 bits per heavy atom. The Morgan fingerprint density at radius 1 is 1.12 bits per heavy atom. The largest absolute Gasteiger partial charge is 0.352 e. The molecule has 3 N–H and O–H groups in total. The number of amides is 2. The van der Waals surface area contributed by atoms with E-state index in [1.807, 2.05) is 24.3 Å². The van der Waals surface area contributed by atoms with Gasteiger partial charge in [0.1, 0.15) is 0 Å². The molecule has 2 fully saturated rings. The fourth-order valence-corrected chi connectivity index (χ4v) is 3.47. The number of carbonyl (C=O) groups excluding carboxylic acids is 2. The highest BCUT2D eigenvalue weighted by atomic mass is 35.5. The maximum absolute atomic E-state index is 12.1. The van der Waals surface area contributed by atoms with Gasteiger partial charge >= 0.3 is 0 Å². The van der Waals surface area contributed by atoms with Crippen LogP contribution in [0.5, 0.6) is 0 Å². The number of piperidine rings is 1. The van der Waals surface area contributed by atoms with Crippen LogP contribution in [0.3, 0.4) is 0 Å². The molecule has 6 heteroatoms. The minimum absolute atomic E-state index is 0. The quantitative estimate of drug-likeness (QED) is 0.681. The van der Waals surface area contributed by atoms with Gasteiger partial charge < -0.3 is 16.0 Å². The molecule has 0 bridgehead atoms. The van der Waals surface area contributed by atoms with Gasteiger partial charge in [-0.05, 0) is 68.8 Å². The second-order valence-corrected chi connectivity index (χ2v) is 7.33. The SMILES string of the molecule is Cl.O=C(CCC1CCNCC1)NCc1cccc(NC(=O)C2CCC2)c1. The molecule has 0 spiro atoms. The molecule has 1 aliphatic carbocycles. The average Bonchev–Trinajstić information content (AvgIpc) is 2.58. The van der Waals surface area contributed by atoms with Crippen molar-refractivity contribution in [2.24, 2.45) is 11.8 Å². The third kappa shape index (κ3) is 6.29. The molecule has 0 radical (unpaired) electrons. The molecule has 2 aliphatic rings. The van der Waals surface area contributed by atoms with E-state index in [0.29, 0.717) is 18.9 Å². The fraction of sp³-hybridized carbons (Fsp3) is 0.600. The van der Waals surface area contributed by atoms with Crippen LogP contribution >= 0.6 is 12.4 Å². The van der Waals surface area contributed by atoms with Gasteiger partial charge in [-0.2, -0.15) is 0 Å². The van der Waals surface area contributed by atoms with Gasteiger partial charge in [-0.1, -0.05) is 18.6 Å². The van der Waals surface area contributed by atoms with E-state index in [4.69, 9.17) is 0 Å². The standard InChI is InChI=1S/C20H29N3O2.ClH/c24-19(8-7-15-9-11-21-12-10-15)22-14-16-3-1-6-18(13-16)23-20(25)17-4-2-5-17;/h1,3,6,13,15,17,21H,2,4-5,7-12,14H2,(H,22,24)(H,23,25);1H. The first-order valence-corrected chi connectivity index (χ1v) is 9.58. The summed E-state index contributed by atoms with van der Waals surface area (Å²) in [5, 5.41) is 9.33. The highest BCUT2D eigenvalue weighted by molar-refractivity contribution is 5.93. The van der Waals surface area contributed by atoms with Gasteiger partial charge in [0, 0.05) is 24.6 Å². The van der Waals surface area contributed by atoms with Crippen LogP contribution in [0.15, 0.2) is 24.3 Å². The highest BCUT2D eigenvalue weighted by Gasteiger charge is 2.25. The summed E-state index contributed by atoms with van der Waals surface area (Å²) in [5.41, 5.74) is 1.83. The Balaban J connectivity index is 0.00000243. The number of anilines is 1. The van der Waals surface area contributed by atoms with Crippen LogP contribution in [0.4, 0.5) is 5.69 Å². The number of hydrogen-bond acceptors (Lipinski definition) is 3. The number of benzene rings is 1. The zero-order valence-electron chi connectivity index (χ0n) is 15.3. The maximum atomic E-state index is 12.1. The number of rotatable bonds is 7. The molecule has 2 amide bonds. The van der Waals surface area contributed by atoms with Crippen molar-refractivity contribution in [3.63, 3.8) is 0 Å². The van der Waals surface area contributed by atoms with E-state index in [-0.39, 0.29) is 30.1 Å². The van der Waals surface area contributed by atoms with Crippen LogP contribution in [0.25, 0.3) is 0 Å². The molecule has 1 saturated carbocycles. The van der Waals surface area contributed by atoms with Crippen LogP contribution < -0.4 is 16.0 Å². The van der Waals surface area contributed by atoms with Crippen molar-refractivity contribution in [2.45, 2.75) is 51.5 Å². The molecule has 0 unspecified atom stereocenters. The van der Waals surface area contributed by atoms with Gasteiger partial charge in [0.2, 0.25) is 11.8 Å². The van der Waals surface area contributed by atoms with Crippen LogP contribution in [-0.4, -0.2) is 24.9 Å². The van der Waals surface area contributed by atoms with Gasteiger partial charge in [-0.15, -0.1) is 12.4 Å². The minimum Gasteiger partial charge on any atom is -0.352 e. The smallest absolute Gasteiger partial charge is 0.227 e. The molecule has 3 rings (SSSR count). The number of nitrogens with one attached hydrogen (secondary N) is 3. The van der Waals surface area contributed by atoms with Crippen molar-refractivity contribution in [3.8, 4) is 0 Å². The van der Waals surface area contributed by atoms with Gasteiger partial charge in [0.05, 0.1) is 0 Å². The first kappa shape index (κ1) is 20.7. The van der Waals surface area contributed by atoms with E-state index >= 15 is 0 Å². The van der Waals surface area contributed by atoms with E-state index in [1.165, 1.54) is 12.8 Å². The second kappa shape index (κ2) is 10.5. The molecule has 1 aromatic rings. The Bertz CT molecular complexity index is 598. The zero-order valence-corrected chi connectivity index (χ0v) is 16.1. The van der Waals surface area contributed by atoms with Crippen molar-refractivity contribution in [2.75, 3.05) is 18.4 Å². The van der Waals surface area contributed by atoms with Crippen LogP contribution in [0.2, 0.25) is 0 Å². The molecule has 26 heavy (non-hydrogen) atoms. The second-order valence-electron chi connectivity index (χ2n) is 7.33. The number of hydrogen-bond donors (Lipinski definition) is 3. The van der Waals surface area contributed by atoms with E-state index in [2.05, 4.69) is 16.0 Å². The Morgan fingerprint density at radius 3 is 2.58 bits per heavy atom. The molecule has 0 aromatic heterocycles. The monoisotopic (exact) mass is 379 g/mol. The van der Waals surface area contributed by atoms with Crippen LogP contribution in [-0.2, 0) is 16.1 Å². The summed E-state index contributed by atoms with van der Waals surface area (Å²) in [7, 11) is 0. The summed E-state index contributed by atoms with van der Waals surface area (Å²) in [4.78, 5) is 24.1. The topological polar surface area (TPSA) is 70.2 Å². The van der Waals surface area contributed by atoms with E-state index in [1.54, 1.807) is 0 Å². The first-order valence-electron chi connectivity index (χ1n) is 9.58. The molecule has 1 heterocycles. The summed E-state index contributed by atoms with van der Waals surface area (Å²) in [6.07, 6.45) is 7.08. The van der Waals surface area contributed by atoms with Crippen molar-refractivity contribution >= 4 is 29.9 Å². The molecule has 5 nitrogen and oxygen atoms in total. The van der Waals surface area contributed by atoms with Gasteiger partial charge in [-0.25, -0.2) is 0 Å². The van der Waals surface area contributed by atoms with Gasteiger partial charge in [0.25, 0.3) is 0 Å². The highest BCUT2D eigenvalue weighted by Crippen LogP contribution is 2.27. The maximum Gasteiger partial charge on any atom is 0.227 e. The van der Waals surface area contributed by atoms with E-state index in [9.17, 15) is 9.59 Å². The average molecular weight is 380 g/mol. The lowest BCUT2D eigenvalue weighted by Gasteiger charge is -2.24. The molecule has 0 atom stereocenters. The summed E-state index contributed by atoms with van der Waals surface area (Å²) in [6.45, 7) is 2.66. The Hall–Kier alpha value is -1.59. The predicted molar refractivity (Wildman–Crippen MR) is 106 cm³/mol. The van der Waals surface area contributed by atoms with Crippen molar-refractivity contribution < 1.29 is 9.59 Å². The minimum atomic E-state index is 0. The summed E-state index contributed by atoms with van der Waals surface area (Å²) < 4.78 is 0. The summed E-state index contributed by atoms with van der Waals surface area (Å²) >= 11 is 0. The molecule has 1 aromatic carbocycles. The summed E-state index contributed by atoms with van der Waals surface area (Å²) in [5.74, 6) is 1.09. The van der Waals surface area contributed by atoms with Crippen LogP contribution in [0.1, 0.15) is 50.5 Å². The summed E-state index contributed by atoms with van der Waals surface area (Å²) in [6, 6.07) is 7.75. The van der Waals surface area contributed by atoms with Crippen molar-refractivity contribution in [1.82, 2.24) is 10.6 Å². The molecule has 1 saturated heterocycles. The number of halogens is 1. The molecule has 1 aliphatic heterocycles. The van der Waals surface area contributed by atoms with E-state index in [0.717, 1.165) is 50.0 Å². The molecular formula is C20H30ClN3O2. The van der Waals surface area contributed by atoms with Crippen molar-refractivity contribution in [1.29, 1.82) is 0 Å². The third-order valence-electron chi connectivity index (χ3n) is 5.40. The van der Waals surface area contributed by atoms with Gasteiger partial charge in [-0.3, -0.25) is 9.59 Å². The van der Waals surface area contributed by atoms with Gasteiger partial charge in [0.15, 0.2) is 0 Å². The normalized spacial score (nSPS) is 17.7. The van der Waals surface area contributed by atoms with E-state index < -0.39 is 0 Å². The van der Waals surface area contributed by atoms with Crippen molar-refractivity contribution in [3.05, 3.63) is 29.8 Å². The first-order chi connectivity index (χ1) is 12.2. The zero-order chi connectivity index (χ0) is 17.5. The molecule has 144 valence electrons. The lowest BCUT2D eigenvalue weighted by atomic mass is 9.85.